The van der Waals surface area contributed by atoms with Gasteiger partial charge in [0.25, 0.3) is 0 Å². The molecule has 0 heterocycles. The highest BCUT2D eigenvalue weighted by molar-refractivity contribution is 7.89. The van der Waals surface area contributed by atoms with Crippen LogP contribution in [0.3, 0.4) is 0 Å². The Kier molecular flexibility index (Phi) is 6.19. The van der Waals surface area contributed by atoms with Gasteiger partial charge in [0, 0.05) is 12.1 Å². The minimum absolute atomic E-state index is 0.117. The number of methoxy groups -OCH3 is 1. The van der Waals surface area contributed by atoms with E-state index < -0.39 is 15.6 Å². The van der Waals surface area contributed by atoms with Crippen molar-refractivity contribution >= 4 is 10.0 Å². The van der Waals surface area contributed by atoms with E-state index >= 15 is 0 Å². The standard InChI is InChI=1S/C15H25NO4S/c1-5-15(3,6-2)16-21(18,19)14-8-7-13(20-4)11-12(14)9-10-17/h7-8,11,16-17H,5-6,9-10H2,1-4H3. The molecule has 0 saturated carbocycles. The number of ether oxygens (including phenoxy) is 1. The number of nitrogens with one attached hydrogen (secondary N) is 1. The van der Waals surface area contributed by atoms with Crippen LogP contribution in [0.2, 0.25) is 0 Å². The lowest BCUT2D eigenvalue weighted by molar-refractivity contribution is 0.298. The van der Waals surface area contributed by atoms with E-state index in [1.807, 2.05) is 20.8 Å². The van der Waals surface area contributed by atoms with Gasteiger partial charge in [-0.25, -0.2) is 13.1 Å². The predicted molar refractivity (Wildman–Crippen MR) is 83.1 cm³/mol. The number of aliphatic hydroxyl groups is 1. The zero-order valence-electron chi connectivity index (χ0n) is 13.1. The molecule has 0 aliphatic rings. The summed E-state index contributed by atoms with van der Waals surface area (Å²) >= 11 is 0. The SMILES string of the molecule is CCC(C)(CC)NS(=O)(=O)c1ccc(OC)cc1CCO. The van der Waals surface area contributed by atoms with E-state index in [1.54, 1.807) is 12.1 Å². The molecule has 0 saturated heterocycles. The van der Waals surface area contributed by atoms with Crippen LogP contribution in [0.15, 0.2) is 23.1 Å². The number of hydrogen-bond acceptors (Lipinski definition) is 4. The van der Waals surface area contributed by atoms with Crippen LogP contribution in [-0.2, 0) is 16.4 Å². The molecule has 0 spiro atoms. The van der Waals surface area contributed by atoms with Crippen molar-refractivity contribution in [3.05, 3.63) is 23.8 Å². The van der Waals surface area contributed by atoms with E-state index in [0.29, 0.717) is 24.2 Å². The molecule has 1 aromatic carbocycles. The highest BCUT2D eigenvalue weighted by Crippen LogP contribution is 2.25. The average Bonchev–Trinajstić information content (AvgIpc) is 2.46. The fraction of sp³-hybridized carbons (Fsp3) is 0.600. The van der Waals surface area contributed by atoms with Crippen LogP contribution in [0.25, 0.3) is 0 Å². The van der Waals surface area contributed by atoms with Gasteiger partial charge >= 0.3 is 0 Å². The lowest BCUT2D eigenvalue weighted by atomic mass is 9.98. The van der Waals surface area contributed by atoms with Crippen molar-refractivity contribution in [2.45, 2.75) is 50.5 Å². The number of aliphatic hydroxyl groups excluding tert-OH is 1. The third-order valence-electron chi connectivity index (χ3n) is 3.88. The second-order valence-electron chi connectivity index (χ2n) is 5.32. The molecule has 0 amide bonds. The number of rotatable bonds is 8. The topological polar surface area (TPSA) is 75.6 Å². The Morgan fingerprint density at radius 1 is 1.29 bits per heavy atom. The predicted octanol–water partition coefficient (Wildman–Crippen LogP) is 2.09. The molecule has 0 aliphatic heterocycles. The summed E-state index contributed by atoms with van der Waals surface area (Å²) in [6, 6.07) is 4.79. The van der Waals surface area contributed by atoms with Gasteiger partial charge < -0.3 is 9.84 Å². The van der Waals surface area contributed by atoms with Crippen molar-refractivity contribution in [3.63, 3.8) is 0 Å². The molecule has 2 N–H and O–H groups in total. The molecule has 0 atom stereocenters. The van der Waals surface area contributed by atoms with Crippen LogP contribution in [-0.4, -0.2) is 32.8 Å². The lowest BCUT2D eigenvalue weighted by Gasteiger charge is -2.28. The molecule has 1 rings (SSSR count). The fourth-order valence-electron chi connectivity index (χ4n) is 2.03. The molecule has 21 heavy (non-hydrogen) atoms. The maximum Gasteiger partial charge on any atom is 0.241 e. The first-order chi connectivity index (χ1) is 9.81. The van der Waals surface area contributed by atoms with Crippen molar-refractivity contribution in [1.29, 1.82) is 0 Å². The average molecular weight is 315 g/mol. The van der Waals surface area contributed by atoms with E-state index in [4.69, 9.17) is 9.84 Å². The van der Waals surface area contributed by atoms with Gasteiger partial charge in [0.2, 0.25) is 10.0 Å². The molecule has 0 radical (unpaired) electrons. The summed E-state index contributed by atoms with van der Waals surface area (Å²) in [4.78, 5) is 0.200. The normalized spacial score (nSPS) is 12.4. The van der Waals surface area contributed by atoms with Crippen LogP contribution >= 0.6 is 0 Å². The highest BCUT2D eigenvalue weighted by atomic mass is 32.2. The quantitative estimate of drug-likeness (QED) is 0.770. The van der Waals surface area contributed by atoms with Gasteiger partial charge in [-0.2, -0.15) is 0 Å². The molecule has 6 heteroatoms. The Balaban J connectivity index is 3.24. The second kappa shape index (κ2) is 7.24. The van der Waals surface area contributed by atoms with E-state index in [0.717, 1.165) is 0 Å². The first-order valence-corrected chi connectivity index (χ1v) is 8.62. The van der Waals surface area contributed by atoms with E-state index in [-0.39, 0.29) is 17.9 Å². The lowest BCUT2D eigenvalue weighted by Crippen LogP contribution is -2.45. The molecular formula is C15H25NO4S. The summed E-state index contributed by atoms with van der Waals surface area (Å²) in [5, 5.41) is 9.14. The molecule has 0 fully saturated rings. The molecule has 5 nitrogen and oxygen atoms in total. The first kappa shape index (κ1) is 17.9. The van der Waals surface area contributed by atoms with Gasteiger partial charge in [0.1, 0.15) is 5.75 Å². The summed E-state index contributed by atoms with van der Waals surface area (Å²) in [6.07, 6.45) is 1.67. The third kappa shape index (κ3) is 4.43. The molecule has 0 aliphatic carbocycles. The van der Waals surface area contributed by atoms with Crippen molar-refractivity contribution in [1.82, 2.24) is 4.72 Å². The van der Waals surface area contributed by atoms with Crippen LogP contribution in [0, 0.1) is 0 Å². The Morgan fingerprint density at radius 2 is 1.90 bits per heavy atom. The van der Waals surface area contributed by atoms with Gasteiger partial charge in [0.15, 0.2) is 0 Å². The van der Waals surface area contributed by atoms with Crippen LogP contribution in [0.4, 0.5) is 0 Å². The van der Waals surface area contributed by atoms with Gasteiger partial charge in [-0.1, -0.05) is 13.8 Å². The van der Waals surface area contributed by atoms with Crippen molar-refractivity contribution in [2.24, 2.45) is 0 Å². The summed E-state index contributed by atoms with van der Waals surface area (Å²) in [6.45, 7) is 5.68. The van der Waals surface area contributed by atoms with Gasteiger partial charge in [-0.05, 0) is 49.9 Å². The minimum atomic E-state index is -3.64. The smallest absolute Gasteiger partial charge is 0.241 e. The molecular weight excluding hydrogens is 290 g/mol. The van der Waals surface area contributed by atoms with Crippen LogP contribution in [0.5, 0.6) is 5.75 Å². The molecule has 0 bridgehead atoms. The summed E-state index contributed by atoms with van der Waals surface area (Å²) < 4.78 is 33.1. The zero-order valence-corrected chi connectivity index (χ0v) is 14.0. The fourth-order valence-corrected chi connectivity index (χ4v) is 3.84. The molecule has 0 aromatic heterocycles. The number of hydrogen-bond donors (Lipinski definition) is 2. The molecule has 0 unspecified atom stereocenters. The van der Waals surface area contributed by atoms with Crippen molar-refractivity contribution < 1.29 is 18.3 Å². The Hall–Kier alpha value is -1.11. The van der Waals surface area contributed by atoms with E-state index in [2.05, 4.69) is 4.72 Å². The number of benzene rings is 1. The van der Waals surface area contributed by atoms with Crippen molar-refractivity contribution in [3.8, 4) is 5.75 Å². The van der Waals surface area contributed by atoms with E-state index in [9.17, 15) is 8.42 Å². The summed E-state index contributed by atoms with van der Waals surface area (Å²) in [5.74, 6) is 0.575. The van der Waals surface area contributed by atoms with Crippen molar-refractivity contribution in [2.75, 3.05) is 13.7 Å². The minimum Gasteiger partial charge on any atom is -0.497 e. The Bertz CT molecular complexity index is 565. The maximum atomic E-state index is 12.6. The number of sulfonamides is 1. The van der Waals surface area contributed by atoms with E-state index in [1.165, 1.54) is 13.2 Å². The molecule has 1 aromatic rings. The second-order valence-corrected chi connectivity index (χ2v) is 6.97. The highest BCUT2D eigenvalue weighted by Gasteiger charge is 2.28. The van der Waals surface area contributed by atoms with Crippen LogP contribution < -0.4 is 9.46 Å². The van der Waals surface area contributed by atoms with Gasteiger partial charge in [-0.3, -0.25) is 0 Å². The summed E-state index contributed by atoms with van der Waals surface area (Å²) in [7, 11) is -2.11. The van der Waals surface area contributed by atoms with Gasteiger partial charge in [-0.15, -0.1) is 0 Å². The maximum absolute atomic E-state index is 12.6. The zero-order chi connectivity index (χ0) is 16.1. The Labute approximate surface area is 127 Å². The van der Waals surface area contributed by atoms with Gasteiger partial charge in [0.05, 0.1) is 12.0 Å². The summed E-state index contributed by atoms with van der Waals surface area (Å²) in [5.41, 5.74) is 0.0776. The largest absolute Gasteiger partial charge is 0.497 e. The van der Waals surface area contributed by atoms with Crippen LogP contribution in [0.1, 0.15) is 39.2 Å². The Morgan fingerprint density at radius 3 is 2.38 bits per heavy atom. The first-order valence-electron chi connectivity index (χ1n) is 7.13. The molecule has 120 valence electrons. The third-order valence-corrected chi connectivity index (χ3v) is 5.62. The monoisotopic (exact) mass is 315 g/mol.